The van der Waals surface area contributed by atoms with Crippen molar-refractivity contribution in [1.82, 2.24) is 4.98 Å². The summed E-state index contributed by atoms with van der Waals surface area (Å²) in [5.74, 6) is 0.768. The fourth-order valence-electron chi connectivity index (χ4n) is 6.78. The third-order valence-electron chi connectivity index (χ3n) is 8.60. The Morgan fingerprint density at radius 3 is 2.51 bits per heavy atom. The van der Waals surface area contributed by atoms with E-state index < -0.39 is 0 Å². The second-order valence-corrected chi connectivity index (χ2v) is 10.6. The molecule has 186 valence electrons. The van der Waals surface area contributed by atoms with Gasteiger partial charge in [0, 0.05) is 41.5 Å². The summed E-state index contributed by atoms with van der Waals surface area (Å²) in [6.07, 6.45) is 5.82. The summed E-state index contributed by atoms with van der Waals surface area (Å²) in [5, 5.41) is 1.05. The van der Waals surface area contributed by atoms with Gasteiger partial charge in [-0.1, -0.05) is 72.8 Å². The molecule has 4 heterocycles. The Morgan fingerprint density at radius 1 is 1.00 bits per heavy atom. The second-order valence-electron chi connectivity index (χ2n) is 10.6. The minimum absolute atomic E-state index is 0.147. The first-order valence-electron chi connectivity index (χ1n) is 13.3. The van der Waals surface area contributed by atoms with Gasteiger partial charge in [-0.2, -0.15) is 0 Å². The SMILES string of the molecule is C=CC1C[N+]2(Cc3ccccc3)CCC1CC2[C@H](OC(=O)c1ccccc1)c1ccnc2ccccc12. The smallest absolute Gasteiger partial charge is 0.338 e. The summed E-state index contributed by atoms with van der Waals surface area (Å²) in [5.41, 5.74) is 3.88. The molecule has 1 aromatic heterocycles. The highest BCUT2D eigenvalue weighted by Crippen LogP contribution is 2.49. The number of para-hydroxylation sites is 1. The Hall–Kier alpha value is -3.76. The van der Waals surface area contributed by atoms with Gasteiger partial charge in [0.15, 0.2) is 6.10 Å². The number of pyridine rings is 1. The number of piperidine rings is 3. The van der Waals surface area contributed by atoms with Crippen molar-refractivity contribution >= 4 is 16.9 Å². The van der Waals surface area contributed by atoms with Crippen LogP contribution in [0, 0.1) is 11.8 Å². The highest BCUT2D eigenvalue weighted by molar-refractivity contribution is 5.90. The summed E-state index contributed by atoms with van der Waals surface area (Å²) in [7, 11) is 0. The molecule has 0 spiro atoms. The van der Waals surface area contributed by atoms with E-state index in [9.17, 15) is 4.79 Å². The molecule has 0 aliphatic carbocycles. The van der Waals surface area contributed by atoms with Crippen LogP contribution < -0.4 is 0 Å². The molecular formula is C33H33N2O2+. The molecule has 2 bridgehead atoms. The molecule has 3 aliphatic rings. The molecule has 7 rings (SSSR count). The van der Waals surface area contributed by atoms with Crippen LogP contribution in [0.1, 0.15) is 40.4 Å². The lowest BCUT2D eigenvalue weighted by molar-refractivity contribution is -0.984. The number of carbonyl (C=O) groups excluding carboxylic acids is 1. The van der Waals surface area contributed by atoms with Crippen LogP contribution in [0.25, 0.3) is 10.9 Å². The van der Waals surface area contributed by atoms with Gasteiger partial charge in [-0.15, -0.1) is 6.58 Å². The molecule has 3 aliphatic heterocycles. The van der Waals surface area contributed by atoms with E-state index in [1.165, 1.54) is 12.0 Å². The van der Waals surface area contributed by atoms with Gasteiger partial charge >= 0.3 is 5.97 Å². The Morgan fingerprint density at radius 2 is 1.73 bits per heavy atom. The number of benzene rings is 3. The number of nitrogens with zero attached hydrogens (tertiary/aromatic N) is 2. The predicted octanol–water partition coefficient (Wildman–Crippen LogP) is 6.74. The minimum Gasteiger partial charge on any atom is -0.447 e. The first kappa shape index (κ1) is 23.6. The number of hydrogen-bond acceptors (Lipinski definition) is 3. The Labute approximate surface area is 218 Å². The Kier molecular flexibility index (Phi) is 6.35. The maximum absolute atomic E-state index is 13.5. The first-order chi connectivity index (χ1) is 18.2. The van der Waals surface area contributed by atoms with Crippen molar-refractivity contribution in [2.75, 3.05) is 13.1 Å². The molecule has 4 heteroatoms. The van der Waals surface area contributed by atoms with E-state index in [0.29, 0.717) is 17.4 Å². The minimum atomic E-state index is -0.377. The van der Waals surface area contributed by atoms with Crippen molar-refractivity contribution in [2.45, 2.75) is 31.5 Å². The molecule has 0 radical (unpaired) electrons. The van der Waals surface area contributed by atoms with E-state index >= 15 is 0 Å². The molecule has 0 amide bonds. The second kappa shape index (κ2) is 9.95. The largest absolute Gasteiger partial charge is 0.447 e. The van der Waals surface area contributed by atoms with Crippen molar-refractivity contribution < 1.29 is 14.0 Å². The maximum atomic E-state index is 13.5. The summed E-state index contributed by atoms with van der Waals surface area (Å²) in [6.45, 7) is 7.22. The number of aromatic nitrogens is 1. The van der Waals surface area contributed by atoms with Crippen molar-refractivity contribution in [3.63, 3.8) is 0 Å². The molecular weight excluding hydrogens is 456 g/mol. The predicted molar refractivity (Wildman–Crippen MR) is 147 cm³/mol. The number of esters is 1. The van der Waals surface area contributed by atoms with Gasteiger partial charge < -0.3 is 9.22 Å². The topological polar surface area (TPSA) is 39.2 Å². The van der Waals surface area contributed by atoms with Crippen molar-refractivity contribution in [3.8, 4) is 0 Å². The number of carbonyl (C=O) groups is 1. The van der Waals surface area contributed by atoms with Crippen LogP contribution in [-0.4, -0.2) is 34.6 Å². The first-order valence-corrected chi connectivity index (χ1v) is 13.3. The summed E-state index contributed by atoms with van der Waals surface area (Å²) in [4.78, 5) is 18.1. The molecule has 4 nitrogen and oxygen atoms in total. The third kappa shape index (κ3) is 4.47. The standard InChI is InChI=1S/C33H33N2O2/c1-2-25-23-35(22-24-11-5-3-6-12-24)20-18-27(25)21-31(35)32(37-33(36)26-13-7-4-8-14-26)29-17-19-34-30-16-10-9-15-28(29)30/h2-17,19,25,27,31-32H,1,18,20-23H2/q+1/t25?,27?,31?,32-,35?/m1/s1. The lowest BCUT2D eigenvalue weighted by Crippen LogP contribution is -2.67. The van der Waals surface area contributed by atoms with Crippen LogP contribution in [-0.2, 0) is 11.3 Å². The van der Waals surface area contributed by atoms with E-state index in [4.69, 9.17) is 4.74 Å². The molecule has 4 aromatic rings. The van der Waals surface area contributed by atoms with E-state index in [2.05, 4.69) is 60.1 Å². The maximum Gasteiger partial charge on any atom is 0.338 e. The average Bonchev–Trinajstić information content (AvgIpc) is 2.96. The van der Waals surface area contributed by atoms with E-state index in [-0.39, 0.29) is 18.1 Å². The number of rotatable bonds is 7. The monoisotopic (exact) mass is 489 g/mol. The zero-order chi connectivity index (χ0) is 25.2. The number of ether oxygens (including phenoxy) is 1. The van der Waals surface area contributed by atoms with Crippen molar-refractivity contribution in [2.24, 2.45) is 11.8 Å². The fraction of sp³-hybridized carbons (Fsp3) is 0.273. The van der Waals surface area contributed by atoms with Gasteiger partial charge in [0.2, 0.25) is 0 Å². The van der Waals surface area contributed by atoms with Crippen LogP contribution >= 0.6 is 0 Å². The van der Waals surface area contributed by atoms with E-state index in [0.717, 1.165) is 47.0 Å². The Balaban J connectivity index is 1.47. The van der Waals surface area contributed by atoms with Gasteiger partial charge in [-0.3, -0.25) is 4.98 Å². The van der Waals surface area contributed by atoms with E-state index in [1.807, 2.05) is 54.7 Å². The molecule has 3 aromatic carbocycles. The van der Waals surface area contributed by atoms with Crippen molar-refractivity contribution in [3.05, 3.63) is 127 Å². The van der Waals surface area contributed by atoms with E-state index in [1.54, 1.807) is 0 Å². The summed E-state index contributed by atoms with van der Waals surface area (Å²) in [6, 6.07) is 30.5. The van der Waals surface area contributed by atoms with Crippen LogP contribution in [0.15, 0.2) is 110 Å². The number of hydrogen-bond donors (Lipinski definition) is 0. The highest BCUT2D eigenvalue weighted by atomic mass is 16.5. The molecule has 37 heavy (non-hydrogen) atoms. The lowest BCUT2D eigenvalue weighted by Gasteiger charge is -2.58. The molecule has 5 atom stereocenters. The Bertz CT molecular complexity index is 1400. The summed E-state index contributed by atoms with van der Waals surface area (Å²) < 4.78 is 7.45. The van der Waals surface area contributed by atoms with Gasteiger partial charge in [-0.05, 0) is 30.2 Å². The zero-order valence-electron chi connectivity index (χ0n) is 21.1. The van der Waals surface area contributed by atoms with Crippen LogP contribution in [0.3, 0.4) is 0 Å². The third-order valence-corrected chi connectivity index (χ3v) is 8.60. The molecule has 0 saturated carbocycles. The van der Waals surface area contributed by atoms with Gasteiger partial charge in [-0.25, -0.2) is 4.79 Å². The number of quaternary nitrogens is 1. The normalized spacial score (nSPS) is 25.5. The summed E-state index contributed by atoms with van der Waals surface area (Å²) >= 11 is 0. The molecule has 0 N–H and O–H groups in total. The zero-order valence-corrected chi connectivity index (χ0v) is 21.1. The highest BCUT2D eigenvalue weighted by Gasteiger charge is 2.55. The number of fused-ring (bicyclic) bond motifs is 4. The molecule has 4 unspecified atom stereocenters. The van der Waals surface area contributed by atoms with Crippen molar-refractivity contribution in [1.29, 1.82) is 0 Å². The molecule has 3 saturated heterocycles. The van der Waals surface area contributed by atoms with Crippen LogP contribution in [0.4, 0.5) is 0 Å². The van der Waals surface area contributed by atoms with Crippen LogP contribution in [0.2, 0.25) is 0 Å². The molecule has 3 fully saturated rings. The quantitative estimate of drug-likeness (QED) is 0.164. The average molecular weight is 490 g/mol. The van der Waals surface area contributed by atoms with Crippen LogP contribution in [0.5, 0.6) is 0 Å². The lowest BCUT2D eigenvalue weighted by atomic mass is 9.71. The fourth-order valence-corrected chi connectivity index (χ4v) is 6.78. The van der Waals surface area contributed by atoms with Gasteiger partial charge in [0.1, 0.15) is 12.6 Å². The van der Waals surface area contributed by atoms with Gasteiger partial charge in [0.05, 0.1) is 24.2 Å². The van der Waals surface area contributed by atoms with Gasteiger partial charge in [0.25, 0.3) is 0 Å².